The third-order valence-electron chi connectivity index (χ3n) is 4.51. The van der Waals surface area contributed by atoms with Crippen molar-refractivity contribution in [1.82, 2.24) is 15.1 Å². The van der Waals surface area contributed by atoms with Gasteiger partial charge in [-0.1, -0.05) is 47.6 Å². The molecule has 0 saturated carbocycles. The highest BCUT2D eigenvalue weighted by Crippen LogP contribution is 2.19. The summed E-state index contributed by atoms with van der Waals surface area (Å²) in [5.41, 5.74) is 2.54. The summed E-state index contributed by atoms with van der Waals surface area (Å²) in [6.45, 7) is 5.21. The third kappa shape index (κ3) is 5.90. The number of carbonyl (C=O) groups excluding carboxylic acids is 1. The summed E-state index contributed by atoms with van der Waals surface area (Å²) in [5, 5.41) is 12.8. The first kappa shape index (κ1) is 18.0. The summed E-state index contributed by atoms with van der Waals surface area (Å²) in [5.74, 6) is 0.0211. The number of likely N-dealkylation sites (tertiary alicyclic amines) is 1. The lowest BCUT2D eigenvalue weighted by molar-refractivity contribution is -0.116. The zero-order valence-electron chi connectivity index (χ0n) is 14.8. The molecule has 0 spiro atoms. The molecule has 1 aromatic carbocycles. The van der Waals surface area contributed by atoms with E-state index >= 15 is 0 Å². The second-order valence-corrected chi connectivity index (χ2v) is 7.79. The van der Waals surface area contributed by atoms with Crippen LogP contribution in [0.5, 0.6) is 0 Å². The molecule has 2 heterocycles. The third-order valence-corrected chi connectivity index (χ3v) is 5.33. The van der Waals surface area contributed by atoms with E-state index in [1.54, 1.807) is 0 Å². The lowest BCUT2D eigenvalue weighted by Gasteiger charge is -2.24. The van der Waals surface area contributed by atoms with Crippen molar-refractivity contribution in [2.24, 2.45) is 0 Å². The Morgan fingerprint density at radius 3 is 2.68 bits per heavy atom. The van der Waals surface area contributed by atoms with Crippen molar-refractivity contribution < 1.29 is 4.79 Å². The van der Waals surface area contributed by atoms with Gasteiger partial charge in [0.2, 0.25) is 11.0 Å². The smallest absolute Gasteiger partial charge is 0.226 e. The van der Waals surface area contributed by atoms with E-state index in [0.29, 0.717) is 11.6 Å². The number of piperidine rings is 1. The molecule has 1 aliphatic heterocycles. The molecule has 134 valence electrons. The van der Waals surface area contributed by atoms with Crippen LogP contribution in [0.25, 0.3) is 0 Å². The Kier molecular flexibility index (Phi) is 6.53. The molecule has 0 unspecified atom stereocenters. The van der Waals surface area contributed by atoms with Gasteiger partial charge in [0.15, 0.2) is 0 Å². The van der Waals surface area contributed by atoms with Gasteiger partial charge >= 0.3 is 0 Å². The zero-order valence-corrected chi connectivity index (χ0v) is 15.6. The van der Waals surface area contributed by atoms with Crippen LogP contribution in [-0.2, 0) is 17.8 Å². The lowest BCUT2D eigenvalue weighted by atomic mass is 10.1. The van der Waals surface area contributed by atoms with Crippen molar-refractivity contribution >= 4 is 22.4 Å². The van der Waals surface area contributed by atoms with Crippen molar-refractivity contribution in [2.75, 3.05) is 18.4 Å². The first-order valence-corrected chi connectivity index (χ1v) is 9.91. The summed E-state index contributed by atoms with van der Waals surface area (Å²) in [6.07, 6.45) is 6.14. The fourth-order valence-corrected chi connectivity index (χ4v) is 3.86. The van der Waals surface area contributed by atoms with Crippen LogP contribution < -0.4 is 5.32 Å². The van der Waals surface area contributed by atoms with E-state index in [-0.39, 0.29) is 5.91 Å². The molecule has 0 bridgehead atoms. The molecule has 1 N–H and O–H groups in total. The first-order valence-electron chi connectivity index (χ1n) is 9.09. The van der Waals surface area contributed by atoms with E-state index in [4.69, 9.17) is 0 Å². The van der Waals surface area contributed by atoms with Gasteiger partial charge in [0.1, 0.15) is 5.01 Å². The zero-order chi connectivity index (χ0) is 17.5. The van der Waals surface area contributed by atoms with Crippen LogP contribution in [0.1, 0.15) is 48.2 Å². The number of aromatic nitrogens is 2. The molecule has 25 heavy (non-hydrogen) atoms. The summed E-state index contributed by atoms with van der Waals surface area (Å²) in [7, 11) is 0. The predicted octanol–water partition coefficient (Wildman–Crippen LogP) is 3.79. The number of aryl methyl sites for hydroxylation is 2. The molecule has 5 nitrogen and oxygen atoms in total. The van der Waals surface area contributed by atoms with Crippen molar-refractivity contribution in [3.63, 3.8) is 0 Å². The Labute approximate surface area is 153 Å². The van der Waals surface area contributed by atoms with Gasteiger partial charge in [-0.25, -0.2) is 0 Å². The van der Waals surface area contributed by atoms with Crippen LogP contribution in [0.4, 0.5) is 5.13 Å². The molecule has 1 aliphatic rings. The average molecular weight is 359 g/mol. The number of anilines is 1. The number of rotatable bonds is 7. The molecule has 1 amide bonds. The number of hydrogen-bond donors (Lipinski definition) is 1. The Hall–Kier alpha value is -1.79. The van der Waals surface area contributed by atoms with Crippen molar-refractivity contribution in [3.05, 3.63) is 40.4 Å². The molecular formula is C19H26N4OS. The van der Waals surface area contributed by atoms with Gasteiger partial charge in [-0.15, -0.1) is 10.2 Å². The molecule has 1 saturated heterocycles. The number of nitrogens with one attached hydrogen (secondary N) is 1. The number of hydrogen-bond acceptors (Lipinski definition) is 5. The normalized spacial score (nSPS) is 15.2. The standard InChI is InChI=1S/C19H26N4OS/c1-15-8-10-16(11-9-15)6-5-7-17(24)20-19-22-21-18(25-19)14-23-12-3-2-4-13-23/h8-11H,2-7,12-14H2,1H3,(H,20,22,24). The highest BCUT2D eigenvalue weighted by molar-refractivity contribution is 7.15. The van der Waals surface area contributed by atoms with Crippen LogP contribution >= 0.6 is 11.3 Å². The minimum Gasteiger partial charge on any atom is -0.301 e. The fourth-order valence-electron chi connectivity index (χ4n) is 3.07. The first-order chi connectivity index (χ1) is 12.2. The van der Waals surface area contributed by atoms with Crippen LogP contribution in [0.2, 0.25) is 0 Å². The highest BCUT2D eigenvalue weighted by Gasteiger charge is 2.14. The fraction of sp³-hybridized carbons (Fsp3) is 0.526. The van der Waals surface area contributed by atoms with E-state index in [9.17, 15) is 4.79 Å². The summed E-state index contributed by atoms with van der Waals surface area (Å²) < 4.78 is 0. The second kappa shape index (κ2) is 9.06. The number of benzene rings is 1. The average Bonchev–Trinajstić information content (AvgIpc) is 3.04. The number of nitrogens with zero attached hydrogens (tertiary/aromatic N) is 3. The molecule has 0 aliphatic carbocycles. The Balaban J connectivity index is 1.39. The molecule has 2 aromatic rings. The van der Waals surface area contributed by atoms with E-state index in [0.717, 1.165) is 37.5 Å². The minimum atomic E-state index is 0.0211. The van der Waals surface area contributed by atoms with Crippen molar-refractivity contribution in [3.8, 4) is 0 Å². The van der Waals surface area contributed by atoms with Gasteiger partial charge in [0.05, 0.1) is 6.54 Å². The van der Waals surface area contributed by atoms with Gasteiger partial charge in [-0.05, 0) is 51.3 Å². The van der Waals surface area contributed by atoms with E-state index < -0.39 is 0 Å². The van der Waals surface area contributed by atoms with Crippen LogP contribution in [0.15, 0.2) is 24.3 Å². The Morgan fingerprint density at radius 2 is 1.92 bits per heavy atom. The molecule has 1 fully saturated rings. The maximum Gasteiger partial charge on any atom is 0.226 e. The summed E-state index contributed by atoms with van der Waals surface area (Å²) in [6, 6.07) is 8.48. The van der Waals surface area contributed by atoms with Gasteiger partial charge in [-0.3, -0.25) is 9.69 Å². The molecule has 0 radical (unpaired) electrons. The van der Waals surface area contributed by atoms with Gasteiger partial charge in [-0.2, -0.15) is 0 Å². The van der Waals surface area contributed by atoms with Gasteiger partial charge in [0.25, 0.3) is 0 Å². The maximum absolute atomic E-state index is 12.1. The van der Waals surface area contributed by atoms with E-state index in [1.807, 2.05) is 0 Å². The minimum absolute atomic E-state index is 0.0211. The monoisotopic (exact) mass is 358 g/mol. The summed E-state index contributed by atoms with van der Waals surface area (Å²) in [4.78, 5) is 14.5. The van der Waals surface area contributed by atoms with E-state index in [2.05, 4.69) is 51.6 Å². The quantitative estimate of drug-likeness (QED) is 0.818. The lowest BCUT2D eigenvalue weighted by Crippen LogP contribution is -2.28. The van der Waals surface area contributed by atoms with Crippen LogP contribution in [-0.4, -0.2) is 34.1 Å². The van der Waals surface area contributed by atoms with Crippen molar-refractivity contribution in [1.29, 1.82) is 0 Å². The van der Waals surface area contributed by atoms with E-state index in [1.165, 1.54) is 41.7 Å². The van der Waals surface area contributed by atoms with Gasteiger partial charge in [0, 0.05) is 6.42 Å². The van der Waals surface area contributed by atoms with Crippen LogP contribution in [0, 0.1) is 6.92 Å². The molecule has 3 rings (SSSR count). The molecule has 1 aromatic heterocycles. The second-order valence-electron chi connectivity index (χ2n) is 6.73. The van der Waals surface area contributed by atoms with Gasteiger partial charge < -0.3 is 5.32 Å². The maximum atomic E-state index is 12.1. The largest absolute Gasteiger partial charge is 0.301 e. The topological polar surface area (TPSA) is 58.1 Å². The van der Waals surface area contributed by atoms with Crippen LogP contribution in [0.3, 0.4) is 0 Å². The van der Waals surface area contributed by atoms with Crippen molar-refractivity contribution in [2.45, 2.75) is 52.0 Å². The summed E-state index contributed by atoms with van der Waals surface area (Å²) >= 11 is 1.49. The molecule has 0 atom stereocenters. The number of amides is 1. The number of carbonyl (C=O) groups is 1. The Morgan fingerprint density at radius 1 is 1.16 bits per heavy atom. The highest BCUT2D eigenvalue weighted by atomic mass is 32.1. The predicted molar refractivity (Wildman–Crippen MR) is 102 cm³/mol. The Bertz CT molecular complexity index is 677. The molecular weight excluding hydrogens is 332 g/mol. The SMILES string of the molecule is Cc1ccc(CCCC(=O)Nc2nnc(CN3CCCCC3)s2)cc1. The molecule has 6 heteroatoms.